The molecule has 1 aromatic heterocycles. The second-order valence-corrected chi connectivity index (χ2v) is 1.92. The molecule has 0 aliphatic heterocycles. The first-order chi connectivity index (χ1) is 4.34. The summed E-state index contributed by atoms with van der Waals surface area (Å²) >= 11 is 0. The Bertz CT molecular complexity index is 196. The Morgan fingerprint density at radius 2 is 2.00 bits per heavy atom. The highest BCUT2D eigenvalue weighted by atomic mass is 15.1. The molecule has 2 nitrogen and oxygen atoms in total. The van der Waals surface area contributed by atoms with Gasteiger partial charge in [0, 0.05) is 0 Å². The minimum Gasteiger partial charge on any atom is -0.159 e. The van der Waals surface area contributed by atoms with Gasteiger partial charge in [-0.05, 0) is 24.5 Å². The van der Waals surface area contributed by atoms with Gasteiger partial charge in [-0.1, -0.05) is 6.92 Å². The van der Waals surface area contributed by atoms with Crippen molar-refractivity contribution in [3.8, 4) is 0 Å². The van der Waals surface area contributed by atoms with Gasteiger partial charge in [0.15, 0.2) is 0 Å². The van der Waals surface area contributed by atoms with Crippen LogP contribution >= 0.6 is 0 Å². The normalized spacial score (nSPS) is 9.56. The summed E-state index contributed by atoms with van der Waals surface area (Å²) in [6.45, 7) is 4.01. The van der Waals surface area contributed by atoms with Crippen LogP contribution in [0.4, 0.5) is 0 Å². The van der Waals surface area contributed by atoms with E-state index in [0.717, 1.165) is 5.56 Å². The molecule has 1 heterocycles. The smallest absolute Gasteiger partial charge is 0.0533 e. The molecule has 1 aromatic rings. The van der Waals surface area contributed by atoms with Crippen molar-refractivity contribution in [3.05, 3.63) is 29.9 Å². The first-order valence-corrected chi connectivity index (χ1v) is 2.91. The summed E-state index contributed by atoms with van der Waals surface area (Å²) in [6, 6.07) is 0. The predicted molar refractivity (Wildman–Crippen MR) is 35.8 cm³/mol. The molecule has 0 aliphatic carbocycles. The van der Waals surface area contributed by atoms with E-state index >= 15 is 0 Å². The summed E-state index contributed by atoms with van der Waals surface area (Å²) in [5.74, 6) is 0. The summed E-state index contributed by atoms with van der Waals surface area (Å²) < 4.78 is 0. The van der Waals surface area contributed by atoms with Gasteiger partial charge in [0.1, 0.15) is 0 Å². The highest BCUT2D eigenvalue weighted by Crippen LogP contribution is 2.03. The van der Waals surface area contributed by atoms with Gasteiger partial charge in [-0.25, -0.2) is 0 Å². The zero-order valence-electron chi connectivity index (χ0n) is 5.63. The fourth-order valence-corrected chi connectivity index (χ4v) is 0.694. The predicted octanol–water partition coefficient (Wildman–Crippen LogP) is 1.36. The molecular formula is C7H9N2. The van der Waals surface area contributed by atoms with Gasteiger partial charge in [-0.2, -0.15) is 10.2 Å². The molecule has 0 aliphatic rings. The van der Waals surface area contributed by atoms with Crippen molar-refractivity contribution in [1.29, 1.82) is 0 Å². The molecule has 0 N–H and O–H groups in total. The summed E-state index contributed by atoms with van der Waals surface area (Å²) in [5.41, 5.74) is 2.33. The first-order valence-electron chi connectivity index (χ1n) is 2.91. The summed E-state index contributed by atoms with van der Waals surface area (Å²) in [6.07, 6.45) is 5.54. The van der Waals surface area contributed by atoms with Gasteiger partial charge in [0.2, 0.25) is 0 Å². The Kier molecular flexibility index (Phi) is 1.78. The molecule has 1 radical (unpaired) electrons. The molecule has 0 spiro atoms. The Hall–Kier alpha value is -0.920. The number of nitrogens with zero attached hydrogens (tertiary/aromatic N) is 2. The largest absolute Gasteiger partial charge is 0.159 e. The molecule has 0 aromatic carbocycles. The van der Waals surface area contributed by atoms with E-state index in [-0.39, 0.29) is 0 Å². The Morgan fingerprint density at radius 3 is 2.44 bits per heavy atom. The van der Waals surface area contributed by atoms with E-state index in [4.69, 9.17) is 0 Å². The summed E-state index contributed by atoms with van der Waals surface area (Å²) in [4.78, 5) is 0. The van der Waals surface area contributed by atoms with E-state index in [1.165, 1.54) is 5.56 Å². The van der Waals surface area contributed by atoms with E-state index in [9.17, 15) is 0 Å². The number of aryl methyl sites for hydroxylation is 1. The zero-order chi connectivity index (χ0) is 6.69. The van der Waals surface area contributed by atoms with Crippen LogP contribution in [-0.4, -0.2) is 10.2 Å². The van der Waals surface area contributed by atoms with Crippen molar-refractivity contribution in [3.63, 3.8) is 0 Å². The van der Waals surface area contributed by atoms with Gasteiger partial charge < -0.3 is 0 Å². The van der Waals surface area contributed by atoms with Crippen LogP contribution in [0.3, 0.4) is 0 Å². The van der Waals surface area contributed by atoms with Crippen LogP contribution in [0.25, 0.3) is 0 Å². The number of aromatic nitrogens is 2. The molecule has 0 saturated heterocycles. The van der Waals surface area contributed by atoms with Gasteiger partial charge in [0.25, 0.3) is 0 Å². The van der Waals surface area contributed by atoms with Crippen molar-refractivity contribution >= 4 is 0 Å². The topological polar surface area (TPSA) is 25.8 Å². The lowest BCUT2D eigenvalue weighted by molar-refractivity contribution is 0.997. The third kappa shape index (κ3) is 1.25. The lowest BCUT2D eigenvalue weighted by atomic mass is 10.1. The van der Waals surface area contributed by atoms with Gasteiger partial charge in [-0.15, -0.1) is 0 Å². The highest BCUT2D eigenvalue weighted by Gasteiger charge is 1.92. The van der Waals surface area contributed by atoms with Crippen LogP contribution in [0.1, 0.15) is 18.1 Å². The minimum absolute atomic E-state index is 1.16. The second kappa shape index (κ2) is 2.58. The SMILES string of the molecule is C[CH]c1cnncc1C. The molecule has 0 unspecified atom stereocenters. The molecule has 9 heavy (non-hydrogen) atoms. The quantitative estimate of drug-likeness (QED) is 0.560. The second-order valence-electron chi connectivity index (χ2n) is 1.92. The highest BCUT2D eigenvalue weighted by molar-refractivity contribution is 5.24. The van der Waals surface area contributed by atoms with Crippen LogP contribution in [-0.2, 0) is 0 Å². The van der Waals surface area contributed by atoms with Crippen LogP contribution < -0.4 is 0 Å². The first kappa shape index (κ1) is 6.20. The minimum atomic E-state index is 1.16. The number of hydrogen-bond acceptors (Lipinski definition) is 2. The van der Waals surface area contributed by atoms with Gasteiger partial charge in [0.05, 0.1) is 12.4 Å². The number of rotatable bonds is 1. The fraction of sp³-hybridized carbons (Fsp3) is 0.286. The lowest BCUT2D eigenvalue weighted by Crippen LogP contribution is -1.87. The van der Waals surface area contributed by atoms with Crippen molar-refractivity contribution in [2.45, 2.75) is 13.8 Å². The van der Waals surface area contributed by atoms with Gasteiger partial charge in [-0.3, -0.25) is 0 Å². The van der Waals surface area contributed by atoms with E-state index in [1.807, 2.05) is 20.3 Å². The maximum Gasteiger partial charge on any atom is 0.0533 e. The number of hydrogen-bond donors (Lipinski definition) is 0. The maximum atomic E-state index is 3.74. The molecular weight excluding hydrogens is 112 g/mol. The van der Waals surface area contributed by atoms with E-state index < -0.39 is 0 Å². The Balaban J connectivity index is 3.01. The maximum absolute atomic E-state index is 3.74. The van der Waals surface area contributed by atoms with Crippen molar-refractivity contribution < 1.29 is 0 Å². The Labute approximate surface area is 54.9 Å². The van der Waals surface area contributed by atoms with Crippen molar-refractivity contribution in [2.24, 2.45) is 0 Å². The molecule has 2 heteroatoms. The molecule has 1 rings (SSSR count). The zero-order valence-corrected chi connectivity index (χ0v) is 5.63. The molecule has 0 saturated carbocycles. The molecule has 0 bridgehead atoms. The van der Waals surface area contributed by atoms with E-state index in [0.29, 0.717) is 0 Å². The average Bonchev–Trinajstić information content (AvgIpc) is 1.89. The molecule has 0 amide bonds. The summed E-state index contributed by atoms with van der Waals surface area (Å²) in [5, 5.41) is 7.46. The van der Waals surface area contributed by atoms with Crippen LogP contribution in [0, 0.1) is 13.3 Å². The molecule has 0 fully saturated rings. The van der Waals surface area contributed by atoms with E-state index in [2.05, 4.69) is 10.2 Å². The Morgan fingerprint density at radius 1 is 1.33 bits per heavy atom. The molecule has 0 atom stereocenters. The van der Waals surface area contributed by atoms with Crippen LogP contribution in [0.15, 0.2) is 12.4 Å². The van der Waals surface area contributed by atoms with Gasteiger partial charge >= 0.3 is 0 Å². The fourth-order valence-electron chi connectivity index (χ4n) is 0.694. The van der Waals surface area contributed by atoms with Crippen LogP contribution in [0.2, 0.25) is 0 Å². The van der Waals surface area contributed by atoms with Crippen molar-refractivity contribution in [2.75, 3.05) is 0 Å². The molecule has 47 valence electrons. The average molecular weight is 121 g/mol. The van der Waals surface area contributed by atoms with Crippen LogP contribution in [0.5, 0.6) is 0 Å². The standard InChI is InChI=1S/C7H9N2/c1-3-7-5-9-8-4-6(7)2/h3-5H,1-2H3. The monoisotopic (exact) mass is 121 g/mol. The third-order valence-corrected chi connectivity index (χ3v) is 1.28. The third-order valence-electron chi connectivity index (χ3n) is 1.28. The summed E-state index contributed by atoms with van der Waals surface area (Å²) in [7, 11) is 0. The van der Waals surface area contributed by atoms with E-state index in [1.54, 1.807) is 12.4 Å². The van der Waals surface area contributed by atoms with Crippen molar-refractivity contribution in [1.82, 2.24) is 10.2 Å². The lowest BCUT2D eigenvalue weighted by Gasteiger charge is -1.96.